The second kappa shape index (κ2) is 12.4. The average Bonchev–Trinajstić information content (AvgIpc) is 3.37. The van der Waals surface area contributed by atoms with Crippen molar-refractivity contribution in [2.24, 2.45) is 0 Å². The van der Waals surface area contributed by atoms with Crippen LogP contribution in [0, 0.1) is 17.5 Å². The molecule has 16 heteroatoms. The third-order valence-electron chi connectivity index (χ3n) is 6.27. The van der Waals surface area contributed by atoms with Crippen LogP contribution < -0.4 is 10.6 Å². The summed E-state index contributed by atoms with van der Waals surface area (Å²) in [5.41, 5.74) is -3.72. The highest BCUT2D eigenvalue weighted by Gasteiger charge is 2.42. The first-order valence-corrected chi connectivity index (χ1v) is 12.5. The monoisotopic (exact) mass is 629 g/mol. The van der Waals surface area contributed by atoms with Crippen molar-refractivity contribution in [2.45, 2.75) is 31.4 Å². The van der Waals surface area contributed by atoms with Crippen LogP contribution in [0.15, 0.2) is 60.8 Å². The maximum absolute atomic E-state index is 14.4. The number of nitrogens with one attached hydrogen (secondary N) is 2. The summed E-state index contributed by atoms with van der Waals surface area (Å²) in [6.45, 7) is -1.32. The van der Waals surface area contributed by atoms with Gasteiger partial charge in [-0.25, -0.2) is 13.2 Å². The molecule has 1 atom stereocenters. The molecule has 7 nitrogen and oxygen atoms in total. The van der Waals surface area contributed by atoms with Gasteiger partial charge in [0.2, 0.25) is 5.91 Å². The SMILES string of the molecule is CNC(=O)c1cc(-c2cccnc2[C@H](Cc2cc(F)cc(F)c2)NC(=O)Cn2nc(C(F)(F)F)cc2C(F)(F)F)ccc1F. The third kappa shape index (κ3) is 7.36. The van der Waals surface area contributed by atoms with Crippen LogP contribution in [0.2, 0.25) is 0 Å². The molecule has 2 heterocycles. The average molecular weight is 629 g/mol. The van der Waals surface area contributed by atoms with E-state index in [1.54, 1.807) is 0 Å². The Morgan fingerprint density at radius 2 is 1.59 bits per heavy atom. The number of benzene rings is 2. The standard InChI is InChI=1S/C28H20F9N5O2/c1-38-26(44)19-10-15(4-5-20(19)31)18-3-2-6-39-25(18)21(9-14-7-16(29)11-17(30)8-14)40-24(43)13-42-23(28(35,36)37)12-22(41-42)27(32,33)34/h2-8,10-12,21H,9,13H2,1H3,(H,38,44)(H,40,43)/t21-/m0/s1. The zero-order chi connectivity index (χ0) is 32.4. The van der Waals surface area contributed by atoms with Crippen LogP contribution in [0.25, 0.3) is 11.1 Å². The van der Waals surface area contributed by atoms with Crippen molar-refractivity contribution >= 4 is 11.8 Å². The highest BCUT2D eigenvalue weighted by atomic mass is 19.4. The van der Waals surface area contributed by atoms with Gasteiger partial charge >= 0.3 is 12.4 Å². The first-order chi connectivity index (χ1) is 20.6. The van der Waals surface area contributed by atoms with Crippen LogP contribution >= 0.6 is 0 Å². The van der Waals surface area contributed by atoms with Gasteiger partial charge in [0, 0.05) is 30.9 Å². The lowest BCUT2D eigenvalue weighted by Crippen LogP contribution is -2.34. The molecule has 4 rings (SSSR count). The number of hydrogen-bond acceptors (Lipinski definition) is 4. The number of carbonyl (C=O) groups excluding carboxylic acids is 2. The van der Waals surface area contributed by atoms with Crippen molar-refractivity contribution in [1.29, 1.82) is 0 Å². The fourth-order valence-electron chi connectivity index (χ4n) is 4.40. The molecule has 232 valence electrons. The summed E-state index contributed by atoms with van der Waals surface area (Å²) in [4.78, 5) is 29.4. The van der Waals surface area contributed by atoms with E-state index in [1.807, 2.05) is 0 Å². The van der Waals surface area contributed by atoms with Gasteiger partial charge < -0.3 is 10.6 Å². The van der Waals surface area contributed by atoms with E-state index in [4.69, 9.17) is 0 Å². The number of rotatable bonds is 8. The van der Waals surface area contributed by atoms with E-state index >= 15 is 0 Å². The molecule has 0 aliphatic heterocycles. The van der Waals surface area contributed by atoms with E-state index in [1.165, 1.54) is 37.5 Å². The number of carbonyl (C=O) groups is 2. The Morgan fingerprint density at radius 3 is 2.20 bits per heavy atom. The Morgan fingerprint density at radius 1 is 0.909 bits per heavy atom. The summed E-state index contributed by atoms with van der Waals surface area (Å²) in [5.74, 6) is -4.85. The van der Waals surface area contributed by atoms with E-state index < -0.39 is 72.0 Å². The van der Waals surface area contributed by atoms with Gasteiger partial charge in [0.15, 0.2) is 5.69 Å². The summed E-state index contributed by atoms with van der Waals surface area (Å²) >= 11 is 0. The normalized spacial score (nSPS) is 12.6. The number of alkyl halides is 6. The van der Waals surface area contributed by atoms with E-state index in [9.17, 15) is 49.1 Å². The largest absolute Gasteiger partial charge is 0.435 e. The lowest BCUT2D eigenvalue weighted by atomic mass is 9.94. The maximum atomic E-state index is 14.4. The first-order valence-electron chi connectivity index (χ1n) is 12.5. The molecule has 0 saturated heterocycles. The predicted molar refractivity (Wildman–Crippen MR) is 136 cm³/mol. The summed E-state index contributed by atoms with van der Waals surface area (Å²) in [7, 11) is 1.27. The molecule has 0 aliphatic rings. The number of hydrogen-bond donors (Lipinski definition) is 2. The zero-order valence-corrected chi connectivity index (χ0v) is 22.3. The van der Waals surface area contributed by atoms with Crippen molar-refractivity contribution < 1.29 is 49.1 Å². The molecule has 0 aliphatic carbocycles. The van der Waals surface area contributed by atoms with Crippen LogP contribution in [0.5, 0.6) is 0 Å². The Bertz CT molecular complexity index is 1680. The zero-order valence-electron chi connectivity index (χ0n) is 22.3. The number of nitrogens with zero attached hydrogens (tertiary/aromatic N) is 3. The van der Waals surface area contributed by atoms with Gasteiger partial charge in [-0.3, -0.25) is 19.3 Å². The van der Waals surface area contributed by atoms with Gasteiger partial charge in [-0.15, -0.1) is 0 Å². The van der Waals surface area contributed by atoms with E-state index in [0.717, 1.165) is 18.2 Å². The minimum absolute atomic E-state index is 0.0209. The lowest BCUT2D eigenvalue weighted by Gasteiger charge is -2.22. The van der Waals surface area contributed by atoms with Gasteiger partial charge in [0.05, 0.1) is 17.3 Å². The minimum atomic E-state index is -5.30. The molecule has 4 aromatic rings. The Labute approximate surface area is 242 Å². The quantitative estimate of drug-likeness (QED) is 0.239. The van der Waals surface area contributed by atoms with Crippen LogP contribution in [0.1, 0.15) is 39.0 Å². The molecule has 2 amide bonds. The van der Waals surface area contributed by atoms with Gasteiger partial charge in [-0.05, 0) is 47.9 Å². The lowest BCUT2D eigenvalue weighted by molar-refractivity contribution is -0.144. The van der Waals surface area contributed by atoms with Crippen LogP contribution in [-0.4, -0.2) is 33.6 Å². The molecule has 2 N–H and O–H groups in total. The highest BCUT2D eigenvalue weighted by molar-refractivity contribution is 5.95. The van der Waals surface area contributed by atoms with Crippen LogP contribution in [0.4, 0.5) is 39.5 Å². The van der Waals surface area contributed by atoms with Crippen molar-refractivity contribution in [3.8, 4) is 11.1 Å². The minimum Gasteiger partial charge on any atom is -0.355 e. The van der Waals surface area contributed by atoms with Gasteiger partial charge in [0.1, 0.15) is 29.7 Å². The maximum Gasteiger partial charge on any atom is 0.435 e. The van der Waals surface area contributed by atoms with Gasteiger partial charge in [0.25, 0.3) is 5.91 Å². The molecule has 0 saturated carbocycles. The second-order valence-electron chi connectivity index (χ2n) is 9.38. The van der Waals surface area contributed by atoms with Crippen molar-refractivity contribution in [2.75, 3.05) is 7.05 Å². The summed E-state index contributed by atoms with van der Waals surface area (Å²) in [6.07, 6.45) is -9.67. The van der Waals surface area contributed by atoms with Crippen molar-refractivity contribution in [3.05, 3.63) is 106 Å². The van der Waals surface area contributed by atoms with Crippen molar-refractivity contribution in [1.82, 2.24) is 25.4 Å². The topological polar surface area (TPSA) is 88.9 Å². The second-order valence-corrected chi connectivity index (χ2v) is 9.38. The molecule has 0 radical (unpaired) electrons. The van der Waals surface area contributed by atoms with E-state index in [-0.39, 0.29) is 38.7 Å². The van der Waals surface area contributed by atoms with E-state index in [2.05, 4.69) is 20.7 Å². The summed E-state index contributed by atoms with van der Waals surface area (Å²) in [6, 6.07) is 7.19. The Hall–Kier alpha value is -4.89. The smallest absolute Gasteiger partial charge is 0.355 e. The van der Waals surface area contributed by atoms with Crippen LogP contribution in [-0.2, 0) is 30.1 Å². The first kappa shape index (κ1) is 32.0. The van der Waals surface area contributed by atoms with Gasteiger partial charge in [-0.2, -0.15) is 31.4 Å². The fourth-order valence-corrected chi connectivity index (χ4v) is 4.40. The van der Waals surface area contributed by atoms with Gasteiger partial charge in [-0.1, -0.05) is 12.1 Å². The van der Waals surface area contributed by atoms with Crippen molar-refractivity contribution in [3.63, 3.8) is 0 Å². The molecule has 2 aromatic carbocycles. The molecular formula is C28H20F9N5O2. The van der Waals surface area contributed by atoms with Crippen LogP contribution in [0.3, 0.4) is 0 Å². The number of aromatic nitrogens is 3. The summed E-state index contributed by atoms with van der Waals surface area (Å²) in [5, 5.41) is 7.54. The molecule has 44 heavy (non-hydrogen) atoms. The highest BCUT2D eigenvalue weighted by Crippen LogP contribution is 2.35. The molecule has 0 unspecified atom stereocenters. The molecule has 2 aromatic heterocycles. The summed E-state index contributed by atoms with van der Waals surface area (Å²) < 4.78 is 122. The predicted octanol–water partition coefficient (Wildman–Crippen LogP) is 5.86. The molecule has 0 spiro atoms. The number of halogens is 9. The Kier molecular flexibility index (Phi) is 9.01. The number of pyridine rings is 1. The fraction of sp³-hybridized carbons (Fsp3) is 0.214. The third-order valence-corrected chi connectivity index (χ3v) is 6.27. The molecule has 0 bridgehead atoms. The van der Waals surface area contributed by atoms with E-state index in [0.29, 0.717) is 6.07 Å². The Balaban J connectivity index is 1.77. The number of amides is 2. The molecule has 0 fully saturated rings. The molecular weight excluding hydrogens is 609 g/mol.